The number of anilines is 2. The minimum atomic E-state index is -0.610. The topological polar surface area (TPSA) is 61.4 Å². The highest BCUT2D eigenvalue weighted by atomic mass is 16.2. The van der Waals surface area contributed by atoms with Crippen LogP contribution in [0.3, 0.4) is 0 Å². The zero-order valence-corrected chi connectivity index (χ0v) is 18.4. The van der Waals surface area contributed by atoms with Gasteiger partial charge in [-0.3, -0.25) is 9.59 Å². The molecule has 0 saturated carbocycles. The number of hydrogen-bond acceptors (Lipinski definition) is 3. The van der Waals surface area contributed by atoms with E-state index in [9.17, 15) is 9.59 Å². The molecule has 160 valence electrons. The van der Waals surface area contributed by atoms with Crippen LogP contribution >= 0.6 is 0 Å². The molecule has 1 atom stereocenters. The van der Waals surface area contributed by atoms with Crippen LogP contribution in [-0.4, -0.2) is 30.9 Å². The van der Waals surface area contributed by atoms with E-state index in [1.165, 1.54) is 18.5 Å². The molecule has 5 heteroatoms. The summed E-state index contributed by atoms with van der Waals surface area (Å²) in [6.07, 6.45) is 2.43. The fourth-order valence-electron chi connectivity index (χ4n) is 3.79. The molecule has 0 radical (unpaired) electrons. The molecule has 2 aromatic rings. The predicted octanol–water partition coefficient (Wildman–Crippen LogP) is 4.62. The third kappa shape index (κ3) is 5.62. The molecule has 1 saturated heterocycles. The van der Waals surface area contributed by atoms with E-state index >= 15 is 0 Å². The van der Waals surface area contributed by atoms with Gasteiger partial charge in [-0.1, -0.05) is 38.5 Å². The van der Waals surface area contributed by atoms with Crippen LogP contribution in [0.2, 0.25) is 0 Å². The molecule has 0 bridgehead atoms. The maximum absolute atomic E-state index is 12.9. The van der Waals surface area contributed by atoms with Gasteiger partial charge in [-0.15, -0.1) is 0 Å². The van der Waals surface area contributed by atoms with Crippen molar-refractivity contribution in [3.05, 3.63) is 59.7 Å². The van der Waals surface area contributed by atoms with Gasteiger partial charge in [-0.05, 0) is 68.0 Å². The summed E-state index contributed by atoms with van der Waals surface area (Å²) < 4.78 is 0. The summed E-state index contributed by atoms with van der Waals surface area (Å²) in [6.45, 7) is 10.3. The fourth-order valence-corrected chi connectivity index (χ4v) is 3.79. The Balaban J connectivity index is 1.62. The average molecular weight is 408 g/mol. The van der Waals surface area contributed by atoms with Crippen molar-refractivity contribution in [2.45, 2.75) is 46.6 Å². The Bertz CT molecular complexity index is 868. The molecule has 3 rings (SSSR count). The number of rotatable bonds is 6. The van der Waals surface area contributed by atoms with Crippen molar-refractivity contribution in [3.8, 4) is 0 Å². The molecule has 2 aromatic carbocycles. The average Bonchev–Trinajstić information content (AvgIpc) is 2.72. The van der Waals surface area contributed by atoms with Crippen LogP contribution in [0.4, 0.5) is 11.4 Å². The van der Waals surface area contributed by atoms with Crippen molar-refractivity contribution in [1.82, 2.24) is 5.32 Å². The number of benzene rings is 2. The Morgan fingerprint density at radius 3 is 2.30 bits per heavy atom. The summed E-state index contributed by atoms with van der Waals surface area (Å²) >= 11 is 0. The minimum absolute atomic E-state index is 0.0339. The standard InChI is InChI=1S/C25H33N3O2/c1-17(2)23(27-24(29)20-7-5-6-19(4)16-20)25(30)26-21-8-10-22(11-9-21)28-14-12-18(3)13-15-28/h5-11,16-18,23H,12-15H2,1-4H3,(H,26,30)(H,27,29). The van der Waals surface area contributed by atoms with Gasteiger partial charge in [0, 0.05) is 30.0 Å². The summed E-state index contributed by atoms with van der Waals surface area (Å²) in [5.74, 6) is 0.323. The van der Waals surface area contributed by atoms with E-state index in [0.29, 0.717) is 5.56 Å². The van der Waals surface area contributed by atoms with Crippen molar-refractivity contribution >= 4 is 23.2 Å². The highest BCUT2D eigenvalue weighted by Crippen LogP contribution is 2.24. The molecular weight excluding hydrogens is 374 g/mol. The molecule has 0 aromatic heterocycles. The Labute approximate surface area is 179 Å². The van der Waals surface area contributed by atoms with E-state index in [-0.39, 0.29) is 17.7 Å². The van der Waals surface area contributed by atoms with E-state index in [1.807, 2.05) is 51.1 Å². The van der Waals surface area contributed by atoms with Gasteiger partial charge in [0.05, 0.1) is 0 Å². The summed E-state index contributed by atoms with van der Waals surface area (Å²) in [4.78, 5) is 27.9. The Kier molecular flexibility index (Phi) is 7.14. The highest BCUT2D eigenvalue weighted by molar-refractivity contribution is 6.01. The molecule has 1 unspecified atom stereocenters. The number of piperidine rings is 1. The lowest BCUT2D eigenvalue weighted by Gasteiger charge is -2.32. The maximum Gasteiger partial charge on any atom is 0.251 e. The zero-order chi connectivity index (χ0) is 21.7. The van der Waals surface area contributed by atoms with Crippen molar-refractivity contribution in [1.29, 1.82) is 0 Å². The fraction of sp³-hybridized carbons (Fsp3) is 0.440. The normalized spacial score (nSPS) is 15.7. The van der Waals surface area contributed by atoms with E-state index in [4.69, 9.17) is 0 Å². The smallest absolute Gasteiger partial charge is 0.251 e. The number of nitrogens with one attached hydrogen (secondary N) is 2. The van der Waals surface area contributed by atoms with E-state index in [0.717, 1.165) is 30.3 Å². The Morgan fingerprint density at radius 2 is 1.70 bits per heavy atom. The van der Waals surface area contributed by atoms with Crippen LogP contribution in [0.5, 0.6) is 0 Å². The van der Waals surface area contributed by atoms with Gasteiger partial charge in [0.1, 0.15) is 6.04 Å². The molecule has 1 fully saturated rings. The van der Waals surface area contributed by atoms with Gasteiger partial charge >= 0.3 is 0 Å². The van der Waals surface area contributed by atoms with Crippen LogP contribution in [-0.2, 0) is 4.79 Å². The Hall–Kier alpha value is -2.82. The second-order valence-electron chi connectivity index (χ2n) is 8.77. The summed E-state index contributed by atoms with van der Waals surface area (Å²) in [5.41, 5.74) is 3.50. The second-order valence-corrected chi connectivity index (χ2v) is 8.77. The monoisotopic (exact) mass is 407 g/mol. The molecule has 1 aliphatic heterocycles. The van der Waals surface area contributed by atoms with Crippen LogP contribution < -0.4 is 15.5 Å². The third-order valence-corrected chi connectivity index (χ3v) is 5.80. The summed E-state index contributed by atoms with van der Waals surface area (Å²) in [6, 6.07) is 14.7. The van der Waals surface area contributed by atoms with Gasteiger partial charge in [0.2, 0.25) is 5.91 Å². The number of aryl methyl sites for hydroxylation is 1. The SMILES string of the molecule is Cc1cccc(C(=O)NC(C(=O)Nc2ccc(N3CCC(C)CC3)cc2)C(C)C)c1. The lowest BCUT2D eigenvalue weighted by molar-refractivity contribution is -0.118. The largest absolute Gasteiger partial charge is 0.372 e. The number of amides is 2. The van der Waals surface area contributed by atoms with E-state index in [2.05, 4.69) is 34.6 Å². The molecule has 0 aliphatic carbocycles. The molecule has 2 N–H and O–H groups in total. The molecule has 1 heterocycles. The first-order valence-corrected chi connectivity index (χ1v) is 10.9. The molecule has 30 heavy (non-hydrogen) atoms. The first-order valence-electron chi connectivity index (χ1n) is 10.9. The van der Waals surface area contributed by atoms with Gasteiger partial charge in [-0.2, -0.15) is 0 Å². The van der Waals surface area contributed by atoms with Gasteiger partial charge < -0.3 is 15.5 Å². The third-order valence-electron chi connectivity index (χ3n) is 5.80. The van der Waals surface area contributed by atoms with Crippen LogP contribution in [0.25, 0.3) is 0 Å². The van der Waals surface area contributed by atoms with Gasteiger partial charge in [0.15, 0.2) is 0 Å². The van der Waals surface area contributed by atoms with Crippen molar-refractivity contribution in [3.63, 3.8) is 0 Å². The quantitative estimate of drug-likeness (QED) is 0.734. The minimum Gasteiger partial charge on any atom is -0.372 e. The van der Waals surface area contributed by atoms with Crippen LogP contribution in [0, 0.1) is 18.8 Å². The van der Waals surface area contributed by atoms with Crippen molar-refractivity contribution < 1.29 is 9.59 Å². The zero-order valence-electron chi connectivity index (χ0n) is 18.4. The van der Waals surface area contributed by atoms with Crippen molar-refractivity contribution in [2.24, 2.45) is 11.8 Å². The maximum atomic E-state index is 12.9. The van der Waals surface area contributed by atoms with E-state index in [1.54, 1.807) is 6.07 Å². The summed E-state index contributed by atoms with van der Waals surface area (Å²) in [7, 11) is 0. The molecule has 2 amide bonds. The van der Waals surface area contributed by atoms with Crippen molar-refractivity contribution in [2.75, 3.05) is 23.3 Å². The first-order chi connectivity index (χ1) is 14.3. The molecular formula is C25H33N3O2. The van der Waals surface area contributed by atoms with E-state index < -0.39 is 6.04 Å². The lowest BCUT2D eigenvalue weighted by Crippen LogP contribution is -2.47. The first kappa shape index (κ1) is 21.9. The number of nitrogens with zero attached hydrogens (tertiary/aromatic N) is 1. The highest BCUT2D eigenvalue weighted by Gasteiger charge is 2.25. The number of carbonyl (C=O) groups is 2. The summed E-state index contributed by atoms with van der Waals surface area (Å²) in [5, 5.41) is 5.84. The number of hydrogen-bond donors (Lipinski definition) is 2. The van der Waals surface area contributed by atoms with Crippen LogP contribution in [0.1, 0.15) is 49.5 Å². The molecule has 0 spiro atoms. The van der Waals surface area contributed by atoms with Gasteiger partial charge in [-0.25, -0.2) is 0 Å². The molecule has 5 nitrogen and oxygen atoms in total. The Morgan fingerprint density at radius 1 is 1.03 bits per heavy atom. The van der Waals surface area contributed by atoms with Gasteiger partial charge in [0.25, 0.3) is 5.91 Å². The number of carbonyl (C=O) groups excluding carboxylic acids is 2. The van der Waals surface area contributed by atoms with Crippen LogP contribution in [0.15, 0.2) is 48.5 Å². The lowest BCUT2D eigenvalue weighted by atomic mass is 9.99. The second kappa shape index (κ2) is 9.79. The predicted molar refractivity (Wildman–Crippen MR) is 123 cm³/mol. The molecule has 1 aliphatic rings.